The molecule has 1 saturated heterocycles. The van der Waals surface area contributed by atoms with Gasteiger partial charge in [0.15, 0.2) is 0 Å². The summed E-state index contributed by atoms with van der Waals surface area (Å²) in [5.41, 5.74) is 3.69. The Kier molecular flexibility index (Phi) is 6.93. The third-order valence-electron chi connectivity index (χ3n) is 6.15. The number of aromatic nitrogens is 2. The molecule has 1 fully saturated rings. The van der Waals surface area contributed by atoms with Gasteiger partial charge in [-0.15, -0.1) is 0 Å². The zero-order valence-electron chi connectivity index (χ0n) is 18.3. The number of hydrogen-bond donors (Lipinski definition) is 1. The second-order valence-corrected chi connectivity index (χ2v) is 10.3. The van der Waals surface area contributed by atoms with Crippen LogP contribution in [0.5, 0.6) is 0 Å². The Morgan fingerprint density at radius 1 is 1.09 bits per heavy atom. The van der Waals surface area contributed by atoms with Crippen LogP contribution in [0.1, 0.15) is 18.7 Å². The van der Waals surface area contributed by atoms with Gasteiger partial charge in [-0.1, -0.05) is 51.3 Å². The molecule has 1 amide bonds. The number of likely N-dealkylation sites (tertiary alicyclic amines) is 1. The van der Waals surface area contributed by atoms with Crippen LogP contribution >= 0.6 is 39.1 Å². The molecule has 5 rings (SSSR count). The molecule has 5 nitrogen and oxygen atoms in total. The third-order valence-corrected chi connectivity index (χ3v) is 7.22. The smallest absolute Gasteiger partial charge is 0.228 e. The highest BCUT2D eigenvalue weighted by molar-refractivity contribution is 9.10. The van der Waals surface area contributed by atoms with Crippen molar-refractivity contribution in [1.82, 2.24) is 14.5 Å². The summed E-state index contributed by atoms with van der Waals surface area (Å²) in [5.74, 6) is 0.826. The molecule has 8 heteroatoms. The minimum absolute atomic E-state index is 0.0182. The number of amides is 1. The Morgan fingerprint density at radius 3 is 2.68 bits per heavy atom. The fourth-order valence-corrected chi connectivity index (χ4v) is 5.22. The summed E-state index contributed by atoms with van der Waals surface area (Å²) < 4.78 is 3.24. The summed E-state index contributed by atoms with van der Waals surface area (Å²) in [6.07, 6.45) is 1.79. The molecule has 1 aromatic heterocycles. The lowest BCUT2D eigenvalue weighted by Gasteiger charge is -2.32. The predicted octanol–water partition coefficient (Wildman–Crippen LogP) is 6.95. The first-order valence-corrected chi connectivity index (χ1v) is 12.7. The van der Waals surface area contributed by atoms with Gasteiger partial charge in [0.1, 0.15) is 5.82 Å². The van der Waals surface area contributed by atoms with Crippen molar-refractivity contribution in [2.45, 2.75) is 19.4 Å². The number of benzene rings is 3. The third kappa shape index (κ3) is 5.01. The van der Waals surface area contributed by atoms with E-state index in [1.165, 1.54) is 0 Å². The Labute approximate surface area is 216 Å². The molecule has 1 aliphatic rings. The normalized spacial score (nSPS) is 16.6. The minimum atomic E-state index is -0.119. The lowest BCUT2D eigenvalue weighted by molar-refractivity contribution is -0.121. The molecular weight excluding hydrogens is 535 g/mol. The van der Waals surface area contributed by atoms with Gasteiger partial charge in [-0.2, -0.15) is 0 Å². The van der Waals surface area contributed by atoms with Gasteiger partial charge in [0, 0.05) is 21.7 Å². The highest BCUT2D eigenvalue weighted by Gasteiger charge is 2.27. The van der Waals surface area contributed by atoms with Gasteiger partial charge in [-0.3, -0.25) is 14.3 Å². The van der Waals surface area contributed by atoms with Crippen molar-refractivity contribution in [3.05, 3.63) is 87.1 Å². The van der Waals surface area contributed by atoms with Crippen molar-refractivity contribution in [3.8, 4) is 5.69 Å². The molecule has 0 radical (unpaired) electrons. The number of carbonyl (C=O) groups excluding carboxylic acids is 1. The number of para-hydroxylation sites is 2. The molecule has 0 unspecified atom stereocenters. The average molecular weight is 558 g/mol. The van der Waals surface area contributed by atoms with E-state index in [9.17, 15) is 4.79 Å². The number of nitrogens with zero attached hydrogens (tertiary/aromatic N) is 3. The maximum atomic E-state index is 13.0. The van der Waals surface area contributed by atoms with Crippen molar-refractivity contribution in [2.75, 3.05) is 18.4 Å². The maximum Gasteiger partial charge on any atom is 0.228 e. The van der Waals surface area contributed by atoms with Crippen molar-refractivity contribution in [2.24, 2.45) is 5.92 Å². The van der Waals surface area contributed by atoms with E-state index in [1.807, 2.05) is 30.3 Å². The van der Waals surface area contributed by atoms with Gasteiger partial charge < -0.3 is 5.32 Å². The Morgan fingerprint density at radius 2 is 1.88 bits per heavy atom. The Bertz CT molecular complexity index is 1340. The number of halogens is 3. The van der Waals surface area contributed by atoms with Crippen LogP contribution in [0.4, 0.5) is 5.69 Å². The van der Waals surface area contributed by atoms with Crippen LogP contribution in [0.15, 0.2) is 71.2 Å². The molecule has 3 aromatic carbocycles. The van der Waals surface area contributed by atoms with E-state index < -0.39 is 0 Å². The zero-order chi connectivity index (χ0) is 23.7. The summed E-state index contributed by atoms with van der Waals surface area (Å²) in [4.78, 5) is 20.3. The fraction of sp³-hybridized carbons (Fsp3) is 0.231. The van der Waals surface area contributed by atoms with Crippen molar-refractivity contribution in [1.29, 1.82) is 0 Å². The van der Waals surface area contributed by atoms with Crippen LogP contribution in [0.25, 0.3) is 16.7 Å². The largest absolute Gasteiger partial charge is 0.324 e. The second-order valence-electron chi connectivity index (χ2n) is 8.52. The van der Waals surface area contributed by atoms with Gasteiger partial charge in [-0.25, -0.2) is 4.98 Å². The van der Waals surface area contributed by atoms with Crippen LogP contribution < -0.4 is 5.32 Å². The lowest BCUT2D eigenvalue weighted by Crippen LogP contribution is -2.40. The second kappa shape index (κ2) is 10.1. The molecule has 174 valence electrons. The standard InChI is InChI=1S/C26H23BrCl2N4O/c27-18-7-10-20(11-8-18)33-24-6-2-1-5-23(24)30-25(33)16-32-13-3-4-17(15-32)26(34)31-22-12-9-19(28)14-21(22)29/h1-2,5-12,14,17H,3-4,13,15-16H2,(H,31,34)/t17-/m0/s1. The van der Waals surface area contributed by atoms with Crippen LogP contribution in [-0.4, -0.2) is 33.4 Å². The molecular formula is C26H23BrCl2N4O. The van der Waals surface area contributed by atoms with E-state index in [0.29, 0.717) is 28.8 Å². The van der Waals surface area contributed by atoms with E-state index in [2.05, 4.69) is 48.9 Å². The SMILES string of the molecule is O=C(Nc1ccc(Cl)cc1Cl)[C@H]1CCCN(Cc2nc3ccccc3n2-c2ccc(Br)cc2)C1. The summed E-state index contributed by atoms with van der Waals surface area (Å²) in [6, 6.07) is 21.5. The molecule has 1 N–H and O–H groups in total. The summed E-state index contributed by atoms with van der Waals surface area (Å²) in [5, 5.41) is 3.96. The fourth-order valence-electron chi connectivity index (χ4n) is 4.50. The van der Waals surface area contributed by atoms with Gasteiger partial charge in [0.25, 0.3) is 0 Å². The molecule has 4 aromatic rings. The molecule has 1 atom stereocenters. The number of hydrogen-bond acceptors (Lipinski definition) is 3. The van der Waals surface area contributed by atoms with Crippen LogP contribution in [0, 0.1) is 5.92 Å². The van der Waals surface area contributed by atoms with E-state index in [0.717, 1.165) is 46.4 Å². The average Bonchev–Trinajstić information content (AvgIpc) is 3.19. The molecule has 34 heavy (non-hydrogen) atoms. The van der Waals surface area contributed by atoms with E-state index in [-0.39, 0.29) is 11.8 Å². The Hall–Kier alpha value is -2.38. The monoisotopic (exact) mass is 556 g/mol. The van der Waals surface area contributed by atoms with Crippen molar-refractivity contribution >= 4 is 61.8 Å². The zero-order valence-corrected chi connectivity index (χ0v) is 21.4. The number of rotatable bonds is 5. The predicted molar refractivity (Wildman–Crippen MR) is 142 cm³/mol. The highest BCUT2D eigenvalue weighted by atomic mass is 79.9. The maximum absolute atomic E-state index is 13.0. The molecule has 0 aliphatic carbocycles. The molecule has 0 saturated carbocycles. The van der Waals surface area contributed by atoms with Gasteiger partial charge in [-0.05, 0) is 74.0 Å². The summed E-state index contributed by atoms with van der Waals surface area (Å²) in [7, 11) is 0. The van der Waals surface area contributed by atoms with Crippen molar-refractivity contribution < 1.29 is 4.79 Å². The van der Waals surface area contributed by atoms with Gasteiger partial charge >= 0.3 is 0 Å². The molecule has 0 bridgehead atoms. The number of anilines is 1. The number of nitrogens with one attached hydrogen (secondary N) is 1. The Balaban J connectivity index is 1.36. The van der Waals surface area contributed by atoms with Gasteiger partial charge in [0.2, 0.25) is 5.91 Å². The topological polar surface area (TPSA) is 50.2 Å². The van der Waals surface area contributed by atoms with E-state index >= 15 is 0 Å². The van der Waals surface area contributed by atoms with Crippen molar-refractivity contribution in [3.63, 3.8) is 0 Å². The lowest BCUT2D eigenvalue weighted by atomic mass is 9.97. The highest BCUT2D eigenvalue weighted by Crippen LogP contribution is 2.28. The number of imidazole rings is 1. The number of fused-ring (bicyclic) bond motifs is 1. The number of carbonyl (C=O) groups is 1. The van der Waals surface area contributed by atoms with Crippen LogP contribution in [0.2, 0.25) is 10.0 Å². The molecule has 0 spiro atoms. The van der Waals surface area contributed by atoms with Gasteiger partial charge in [0.05, 0.1) is 34.2 Å². The minimum Gasteiger partial charge on any atom is -0.324 e. The quantitative estimate of drug-likeness (QED) is 0.289. The first-order chi connectivity index (χ1) is 16.5. The van der Waals surface area contributed by atoms with Crippen LogP contribution in [-0.2, 0) is 11.3 Å². The summed E-state index contributed by atoms with van der Waals surface area (Å²) in [6.45, 7) is 2.26. The van der Waals surface area contributed by atoms with E-state index in [4.69, 9.17) is 28.2 Å². The van der Waals surface area contributed by atoms with E-state index in [1.54, 1.807) is 18.2 Å². The molecule has 2 heterocycles. The molecule has 1 aliphatic heterocycles. The van der Waals surface area contributed by atoms with Crippen LogP contribution in [0.3, 0.4) is 0 Å². The summed E-state index contributed by atoms with van der Waals surface area (Å²) >= 11 is 15.7. The first-order valence-electron chi connectivity index (χ1n) is 11.2. The number of piperidine rings is 1. The first kappa shape index (κ1) is 23.4.